The van der Waals surface area contributed by atoms with Crippen molar-refractivity contribution in [1.29, 1.82) is 0 Å². The molecule has 2 saturated heterocycles. The summed E-state index contributed by atoms with van der Waals surface area (Å²) in [6.07, 6.45) is 5.95. The van der Waals surface area contributed by atoms with E-state index in [4.69, 9.17) is 0 Å². The van der Waals surface area contributed by atoms with Gasteiger partial charge in [0.2, 0.25) is 0 Å². The molecule has 0 spiro atoms. The number of aliphatic hydroxyl groups is 1. The van der Waals surface area contributed by atoms with Crippen molar-refractivity contribution in [3.05, 3.63) is 64.3 Å². The van der Waals surface area contributed by atoms with Gasteiger partial charge in [-0.25, -0.2) is 0 Å². The second kappa shape index (κ2) is 6.04. The SMILES string of the molecule is Cn1nccc1C1(O)C[C@H]2CC[C@@H](C1)N2C(=O)c1c[nH]c(=O)c2ccccc12. The predicted molar refractivity (Wildman–Crippen MR) is 104 cm³/mol. The Labute approximate surface area is 161 Å². The number of benzene rings is 1. The third-order valence-corrected chi connectivity index (χ3v) is 6.34. The van der Waals surface area contributed by atoms with E-state index >= 15 is 0 Å². The number of fused-ring (bicyclic) bond motifs is 3. The lowest BCUT2D eigenvalue weighted by Crippen LogP contribution is -2.52. The van der Waals surface area contributed by atoms with Crippen LogP contribution in [0.1, 0.15) is 41.7 Å². The van der Waals surface area contributed by atoms with Crippen LogP contribution in [0.2, 0.25) is 0 Å². The Balaban J connectivity index is 1.51. The summed E-state index contributed by atoms with van der Waals surface area (Å²) in [6, 6.07) is 8.97. The fraction of sp³-hybridized carbons (Fsp3) is 0.381. The molecule has 1 amide bonds. The first kappa shape index (κ1) is 17.2. The molecule has 3 aromatic rings. The zero-order valence-electron chi connectivity index (χ0n) is 15.6. The molecule has 0 saturated carbocycles. The maximum atomic E-state index is 13.5. The predicted octanol–water partition coefficient (Wildman–Crippen LogP) is 1.92. The molecular weight excluding hydrogens is 356 g/mol. The third kappa shape index (κ3) is 2.43. The first-order valence-corrected chi connectivity index (χ1v) is 9.62. The number of nitrogens with one attached hydrogen (secondary N) is 1. The lowest BCUT2D eigenvalue weighted by molar-refractivity contribution is -0.0530. The van der Waals surface area contributed by atoms with Gasteiger partial charge in [0.1, 0.15) is 5.60 Å². The summed E-state index contributed by atoms with van der Waals surface area (Å²) < 4.78 is 1.71. The van der Waals surface area contributed by atoms with Crippen LogP contribution in [0.15, 0.2) is 47.5 Å². The number of nitrogens with zero attached hydrogens (tertiary/aromatic N) is 3. The van der Waals surface area contributed by atoms with Crippen LogP contribution in [0.3, 0.4) is 0 Å². The van der Waals surface area contributed by atoms with E-state index < -0.39 is 5.60 Å². The van der Waals surface area contributed by atoms with Crippen molar-refractivity contribution >= 4 is 16.7 Å². The Morgan fingerprint density at radius 1 is 1.18 bits per heavy atom. The number of piperidine rings is 1. The van der Waals surface area contributed by atoms with Crippen molar-refractivity contribution in [2.75, 3.05) is 0 Å². The highest BCUT2D eigenvalue weighted by molar-refractivity contribution is 6.06. The van der Waals surface area contributed by atoms with Crippen molar-refractivity contribution in [3.63, 3.8) is 0 Å². The number of aromatic amines is 1. The molecule has 7 nitrogen and oxygen atoms in total. The van der Waals surface area contributed by atoms with Gasteiger partial charge in [-0.3, -0.25) is 14.3 Å². The number of aromatic nitrogens is 3. The molecule has 4 heterocycles. The molecule has 0 aliphatic carbocycles. The van der Waals surface area contributed by atoms with Gasteiger partial charge in [0.05, 0.1) is 11.3 Å². The standard InChI is InChI=1S/C21H22N4O3/c1-24-18(8-9-23-24)21(28)10-13-6-7-14(11-21)25(13)20(27)17-12-22-19(26)16-5-3-2-4-15(16)17/h2-5,8-9,12-14,28H,6-7,10-11H2,1H3,(H,22,26)/t13-,14+,21?. The van der Waals surface area contributed by atoms with E-state index in [1.54, 1.807) is 23.0 Å². The minimum absolute atomic E-state index is 0.0307. The third-order valence-electron chi connectivity index (χ3n) is 6.34. The van der Waals surface area contributed by atoms with Crippen molar-refractivity contribution in [3.8, 4) is 0 Å². The Morgan fingerprint density at radius 3 is 2.50 bits per heavy atom. The topological polar surface area (TPSA) is 91.2 Å². The minimum Gasteiger partial charge on any atom is -0.383 e. The lowest BCUT2D eigenvalue weighted by Gasteiger charge is -2.43. The van der Waals surface area contributed by atoms with Gasteiger partial charge in [-0.05, 0) is 25.0 Å². The van der Waals surface area contributed by atoms with E-state index in [1.165, 1.54) is 6.20 Å². The van der Waals surface area contributed by atoms with Crippen LogP contribution in [0, 0.1) is 0 Å². The lowest BCUT2D eigenvalue weighted by atomic mass is 9.83. The highest BCUT2D eigenvalue weighted by Crippen LogP contribution is 2.46. The summed E-state index contributed by atoms with van der Waals surface area (Å²) in [5, 5.41) is 16.7. The Morgan fingerprint density at radius 2 is 1.86 bits per heavy atom. The highest BCUT2D eigenvalue weighted by atomic mass is 16.3. The van der Waals surface area contributed by atoms with Gasteiger partial charge in [0.15, 0.2) is 0 Å². The molecular formula is C21H22N4O3. The normalized spacial score (nSPS) is 26.7. The quantitative estimate of drug-likeness (QED) is 0.713. The van der Waals surface area contributed by atoms with Gasteiger partial charge >= 0.3 is 0 Å². The second-order valence-corrected chi connectivity index (χ2v) is 7.95. The minimum atomic E-state index is -0.971. The molecule has 2 aliphatic heterocycles. The average molecular weight is 378 g/mol. The monoisotopic (exact) mass is 378 g/mol. The fourth-order valence-electron chi connectivity index (χ4n) is 5.12. The zero-order chi connectivity index (χ0) is 19.5. The summed E-state index contributed by atoms with van der Waals surface area (Å²) in [6.45, 7) is 0. The van der Waals surface area contributed by atoms with Crippen molar-refractivity contribution < 1.29 is 9.90 Å². The second-order valence-electron chi connectivity index (χ2n) is 7.95. The van der Waals surface area contributed by atoms with Crippen molar-refractivity contribution in [1.82, 2.24) is 19.7 Å². The van der Waals surface area contributed by atoms with E-state index in [0.29, 0.717) is 29.2 Å². The summed E-state index contributed by atoms with van der Waals surface area (Å²) >= 11 is 0. The summed E-state index contributed by atoms with van der Waals surface area (Å²) in [5.41, 5.74) is 0.143. The number of pyridine rings is 1. The molecule has 2 N–H and O–H groups in total. The zero-order valence-corrected chi connectivity index (χ0v) is 15.6. The van der Waals surface area contributed by atoms with Gasteiger partial charge < -0.3 is 15.0 Å². The largest absolute Gasteiger partial charge is 0.383 e. The van der Waals surface area contributed by atoms with E-state index in [-0.39, 0.29) is 23.6 Å². The summed E-state index contributed by atoms with van der Waals surface area (Å²) in [7, 11) is 1.83. The Hall–Kier alpha value is -2.93. The van der Waals surface area contributed by atoms with E-state index in [0.717, 1.165) is 18.5 Å². The molecule has 3 atom stereocenters. The first-order chi connectivity index (χ1) is 13.5. The maximum absolute atomic E-state index is 13.5. The molecule has 144 valence electrons. The number of hydrogen-bond acceptors (Lipinski definition) is 4. The molecule has 2 aromatic heterocycles. The molecule has 28 heavy (non-hydrogen) atoms. The van der Waals surface area contributed by atoms with E-state index in [9.17, 15) is 14.7 Å². The summed E-state index contributed by atoms with van der Waals surface area (Å²) in [4.78, 5) is 30.2. The van der Waals surface area contributed by atoms with Crippen LogP contribution in [-0.2, 0) is 12.6 Å². The molecule has 0 radical (unpaired) electrons. The first-order valence-electron chi connectivity index (χ1n) is 9.62. The Kier molecular flexibility index (Phi) is 3.71. The van der Waals surface area contributed by atoms with Crippen molar-refractivity contribution in [2.45, 2.75) is 43.4 Å². The Bertz CT molecular complexity index is 1120. The number of aryl methyl sites for hydroxylation is 1. The molecule has 1 aromatic carbocycles. The van der Waals surface area contributed by atoms with Gasteiger partial charge in [0.25, 0.3) is 11.5 Å². The van der Waals surface area contributed by atoms with Gasteiger partial charge in [-0.15, -0.1) is 0 Å². The maximum Gasteiger partial charge on any atom is 0.256 e. The number of carbonyl (C=O) groups excluding carboxylic acids is 1. The smallest absolute Gasteiger partial charge is 0.256 e. The van der Waals surface area contributed by atoms with Crippen LogP contribution in [0.5, 0.6) is 0 Å². The van der Waals surface area contributed by atoms with Gasteiger partial charge in [0, 0.05) is 55.1 Å². The van der Waals surface area contributed by atoms with E-state index in [2.05, 4.69) is 10.1 Å². The highest BCUT2D eigenvalue weighted by Gasteiger charge is 2.51. The molecule has 2 fully saturated rings. The molecule has 2 bridgehead atoms. The molecule has 5 rings (SSSR count). The van der Waals surface area contributed by atoms with Gasteiger partial charge in [-0.1, -0.05) is 18.2 Å². The van der Waals surface area contributed by atoms with Crippen LogP contribution >= 0.6 is 0 Å². The van der Waals surface area contributed by atoms with E-state index in [1.807, 2.05) is 30.1 Å². The number of amides is 1. The fourth-order valence-corrected chi connectivity index (χ4v) is 5.12. The van der Waals surface area contributed by atoms with Gasteiger partial charge in [-0.2, -0.15) is 5.10 Å². The van der Waals surface area contributed by atoms with Crippen LogP contribution in [0.4, 0.5) is 0 Å². The molecule has 2 aliphatic rings. The number of rotatable bonds is 2. The molecule has 7 heteroatoms. The number of carbonyl (C=O) groups is 1. The summed E-state index contributed by atoms with van der Waals surface area (Å²) in [5.74, 6) is -0.0768. The average Bonchev–Trinajstić information content (AvgIpc) is 3.24. The van der Waals surface area contributed by atoms with Crippen molar-refractivity contribution in [2.24, 2.45) is 7.05 Å². The number of hydrogen-bond donors (Lipinski definition) is 2. The molecule has 1 unspecified atom stereocenters. The number of H-pyrrole nitrogens is 1. The van der Waals surface area contributed by atoms with Crippen LogP contribution in [-0.4, -0.2) is 42.8 Å². The van der Waals surface area contributed by atoms with Crippen LogP contribution in [0.25, 0.3) is 10.8 Å². The van der Waals surface area contributed by atoms with Crippen LogP contribution < -0.4 is 5.56 Å².